The lowest BCUT2D eigenvalue weighted by molar-refractivity contribution is 0.454. The predicted molar refractivity (Wildman–Crippen MR) is 103 cm³/mol. The third kappa shape index (κ3) is 3.47. The third-order valence-electron chi connectivity index (χ3n) is 4.47. The molecule has 0 bridgehead atoms. The van der Waals surface area contributed by atoms with Crippen molar-refractivity contribution in [1.82, 2.24) is 24.6 Å². The lowest BCUT2D eigenvalue weighted by atomic mass is 10.3. The maximum atomic E-state index is 13.5. The molecule has 29 heavy (non-hydrogen) atoms. The van der Waals surface area contributed by atoms with Crippen molar-refractivity contribution < 1.29 is 9.50 Å². The number of nitrogens with zero attached hydrogens (tertiary/aromatic N) is 4. The molecule has 4 N–H and O–H groups in total. The van der Waals surface area contributed by atoms with Crippen molar-refractivity contribution in [2.24, 2.45) is 4.99 Å². The van der Waals surface area contributed by atoms with Crippen LogP contribution in [0.2, 0.25) is 0 Å². The number of nitrogens with one attached hydrogen (secondary N) is 3. The topological polar surface area (TPSA) is 123 Å². The van der Waals surface area contributed by atoms with Crippen LogP contribution < -0.4 is 21.7 Å². The van der Waals surface area contributed by atoms with Crippen molar-refractivity contribution >= 4 is 23.2 Å². The molecule has 0 unspecified atom stereocenters. The molecule has 1 aliphatic carbocycles. The minimum Gasteiger partial charge on any atom is -0.493 e. The van der Waals surface area contributed by atoms with E-state index >= 15 is 0 Å². The van der Waals surface area contributed by atoms with Gasteiger partial charge < -0.3 is 15.4 Å². The van der Waals surface area contributed by atoms with Gasteiger partial charge in [-0.05, 0) is 37.1 Å². The van der Waals surface area contributed by atoms with E-state index in [4.69, 9.17) is 0 Å². The fourth-order valence-corrected chi connectivity index (χ4v) is 2.97. The molecule has 0 amide bonds. The van der Waals surface area contributed by atoms with Crippen molar-refractivity contribution in [1.29, 1.82) is 0 Å². The second-order valence-corrected chi connectivity index (χ2v) is 6.82. The Morgan fingerprint density at radius 1 is 1.31 bits per heavy atom. The number of fused-ring (bicyclic) bond motifs is 1. The first-order valence-electron chi connectivity index (χ1n) is 9.03. The molecule has 0 aliphatic heterocycles. The van der Waals surface area contributed by atoms with Crippen LogP contribution in [-0.4, -0.2) is 35.7 Å². The molecule has 3 heterocycles. The van der Waals surface area contributed by atoms with E-state index in [1.807, 2.05) is 0 Å². The van der Waals surface area contributed by atoms with E-state index in [1.54, 1.807) is 35.0 Å². The van der Waals surface area contributed by atoms with Gasteiger partial charge in [0.05, 0.1) is 12.2 Å². The number of aromatic amines is 2. The van der Waals surface area contributed by atoms with Crippen LogP contribution in [0.5, 0.6) is 5.88 Å². The van der Waals surface area contributed by atoms with E-state index in [0.29, 0.717) is 27.9 Å². The summed E-state index contributed by atoms with van der Waals surface area (Å²) in [6.45, 7) is 0. The normalized spacial score (nSPS) is 15.3. The predicted octanol–water partition coefficient (Wildman–Crippen LogP) is 0.945. The molecular weight excluding hydrogens is 377 g/mol. The first-order chi connectivity index (χ1) is 14.0. The SMILES string of the molecule is O=c1[nH]c(O)c(/C=c2\cnn3c(=NC4CC4)cc(Nc4cccc(F)c4)nc23)[nH]1. The summed E-state index contributed by atoms with van der Waals surface area (Å²) in [5, 5.41) is 17.8. The molecule has 1 saturated carbocycles. The van der Waals surface area contributed by atoms with Crippen molar-refractivity contribution in [2.75, 3.05) is 5.32 Å². The highest BCUT2D eigenvalue weighted by atomic mass is 19.1. The summed E-state index contributed by atoms with van der Waals surface area (Å²) in [6, 6.07) is 8.08. The van der Waals surface area contributed by atoms with Gasteiger partial charge in [0.1, 0.15) is 17.3 Å². The average molecular weight is 393 g/mol. The van der Waals surface area contributed by atoms with E-state index in [1.165, 1.54) is 12.1 Å². The van der Waals surface area contributed by atoms with Gasteiger partial charge in [-0.1, -0.05) is 6.07 Å². The van der Waals surface area contributed by atoms with Crippen LogP contribution in [0.4, 0.5) is 15.9 Å². The molecule has 0 saturated heterocycles. The highest BCUT2D eigenvalue weighted by Gasteiger charge is 2.20. The maximum absolute atomic E-state index is 13.5. The Morgan fingerprint density at radius 3 is 2.90 bits per heavy atom. The zero-order valence-electron chi connectivity index (χ0n) is 15.1. The van der Waals surface area contributed by atoms with Crippen molar-refractivity contribution in [3.05, 3.63) is 69.2 Å². The summed E-state index contributed by atoms with van der Waals surface area (Å²) in [7, 11) is 0. The first-order valence-corrected chi connectivity index (χ1v) is 9.03. The van der Waals surface area contributed by atoms with Gasteiger partial charge in [0, 0.05) is 17.0 Å². The number of benzene rings is 1. The van der Waals surface area contributed by atoms with Gasteiger partial charge in [-0.25, -0.2) is 14.2 Å². The standard InChI is InChI=1S/C19H16FN7O2/c20-11-2-1-3-13(7-11)22-15-8-16(23-12-4-5-12)27-17(25-15)10(9-21-27)6-14-18(28)26-19(29)24-14/h1-3,6-9,12,22,28H,4-5H2,(H2,24,26,29)/b10-6+,23-16?. The highest BCUT2D eigenvalue weighted by molar-refractivity contribution is 5.61. The number of rotatable bonds is 4. The van der Waals surface area contributed by atoms with Crippen LogP contribution in [0.25, 0.3) is 11.7 Å². The molecule has 4 aromatic rings. The molecule has 3 aromatic heterocycles. The Hall–Kier alpha value is -3.95. The van der Waals surface area contributed by atoms with Gasteiger partial charge in [-0.15, -0.1) is 0 Å². The number of hydrogen-bond acceptors (Lipinski definition) is 6. The summed E-state index contributed by atoms with van der Waals surface area (Å²) in [6.07, 6.45) is 5.19. The summed E-state index contributed by atoms with van der Waals surface area (Å²) in [5.74, 6) is -0.153. The van der Waals surface area contributed by atoms with Crippen LogP contribution in [0.15, 0.2) is 46.3 Å². The minimum atomic E-state index is -0.518. The molecule has 146 valence electrons. The summed E-state index contributed by atoms with van der Waals surface area (Å²) in [4.78, 5) is 25.4. The quantitative estimate of drug-likeness (QED) is 0.411. The first kappa shape index (κ1) is 17.2. The second kappa shape index (κ2) is 6.59. The number of aromatic nitrogens is 5. The number of H-pyrrole nitrogens is 2. The molecule has 9 nitrogen and oxygen atoms in total. The molecule has 0 atom stereocenters. The van der Waals surface area contributed by atoms with Gasteiger partial charge in [0.25, 0.3) is 0 Å². The Morgan fingerprint density at radius 2 is 2.17 bits per heavy atom. The molecule has 0 spiro atoms. The monoisotopic (exact) mass is 393 g/mol. The number of hydrogen-bond donors (Lipinski definition) is 4. The van der Waals surface area contributed by atoms with Gasteiger partial charge in [-0.2, -0.15) is 9.61 Å². The molecule has 5 rings (SSSR count). The van der Waals surface area contributed by atoms with Crippen LogP contribution >= 0.6 is 0 Å². The lowest BCUT2D eigenvalue weighted by Crippen LogP contribution is -2.19. The molecule has 10 heteroatoms. The van der Waals surface area contributed by atoms with Crippen molar-refractivity contribution in [2.45, 2.75) is 18.9 Å². The number of anilines is 2. The molecular formula is C19H16FN7O2. The van der Waals surface area contributed by atoms with Crippen molar-refractivity contribution in [3.63, 3.8) is 0 Å². The van der Waals surface area contributed by atoms with Gasteiger partial charge in [0.15, 0.2) is 11.1 Å². The van der Waals surface area contributed by atoms with E-state index in [0.717, 1.165) is 12.8 Å². The smallest absolute Gasteiger partial charge is 0.326 e. The zero-order valence-corrected chi connectivity index (χ0v) is 15.1. The zero-order chi connectivity index (χ0) is 20.0. The molecule has 1 aliphatic rings. The Bertz CT molecular complexity index is 1400. The van der Waals surface area contributed by atoms with E-state index in [2.05, 4.69) is 30.4 Å². The van der Waals surface area contributed by atoms with Crippen LogP contribution in [0, 0.1) is 5.82 Å². The Labute approximate surface area is 162 Å². The van der Waals surface area contributed by atoms with Gasteiger partial charge in [0.2, 0.25) is 5.88 Å². The number of aromatic hydroxyl groups is 1. The molecule has 1 aromatic carbocycles. The summed E-state index contributed by atoms with van der Waals surface area (Å²) < 4.78 is 15.1. The summed E-state index contributed by atoms with van der Waals surface area (Å²) in [5.41, 5.74) is 1.35. The van der Waals surface area contributed by atoms with Crippen LogP contribution in [0.3, 0.4) is 0 Å². The number of imidazole rings is 1. The van der Waals surface area contributed by atoms with Crippen LogP contribution in [0.1, 0.15) is 18.5 Å². The van der Waals surface area contributed by atoms with Gasteiger partial charge in [-0.3, -0.25) is 9.98 Å². The lowest BCUT2D eigenvalue weighted by Gasteiger charge is -2.06. The second-order valence-electron chi connectivity index (χ2n) is 6.82. The fraction of sp³-hybridized carbons (Fsp3) is 0.158. The molecule has 1 fully saturated rings. The Kier molecular flexibility index (Phi) is 3.90. The highest BCUT2D eigenvalue weighted by Crippen LogP contribution is 2.22. The Balaban J connectivity index is 1.68. The summed E-state index contributed by atoms with van der Waals surface area (Å²) >= 11 is 0. The van der Waals surface area contributed by atoms with Crippen molar-refractivity contribution in [3.8, 4) is 5.88 Å². The van der Waals surface area contributed by atoms with E-state index < -0.39 is 5.69 Å². The fourth-order valence-electron chi connectivity index (χ4n) is 2.97. The molecule has 0 radical (unpaired) electrons. The minimum absolute atomic E-state index is 0.218. The van der Waals surface area contributed by atoms with Gasteiger partial charge >= 0.3 is 5.69 Å². The third-order valence-corrected chi connectivity index (χ3v) is 4.47. The number of halogens is 1. The van der Waals surface area contributed by atoms with E-state index in [-0.39, 0.29) is 23.4 Å². The largest absolute Gasteiger partial charge is 0.493 e. The van der Waals surface area contributed by atoms with E-state index in [9.17, 15) is 14.3 Å². The maximum Gasteiger partial charge on any atom is 0.326 e. The average Bonchev–Trinajstić information content (AvgIpc) is 3.31. The van der Waals surface area contributed by atoms with Crippen LogP contribution in [-0.2, 0) is 0 Å².